The fourth-order valence-electron chi connectivity index (χ4n) is 2.54. The molecule has 100 valence electrons. The van der Waals surface area contributed by atoms with E-state index in [2.05, 4.69) is 10.4 Å². The highest BCUT2D eigenvalue weighted by atomic mass is 35.5. The highest BCUT2D eigenvalue weighted by Crippen LogP contribution is 2.29. The molecule has 3 N–H and O–H groups in total. The molecule has 0 amide bonds. The van der Waals surface area contributed by atoms with Gasteiger partial charge in [0.2, 0.25) is 0 Å². The van der Waals surface area contributed by atoms with Crippen LogP contribution in [-0.2, 0) is 7.05 Å². The van der Waals surface area contributed by atoms with Crippen LogP contribution >= 0.6 is 11.6 Å². The van der Waals surface area contributed by atoms with E-state index in [1.54, 1.807) is 13.2 Å². The highest BCUT2D eigenvalue weighted by molar-refractivity contribution is 6.32. The summed E-state index contributed by atoms with van der Waals surface area (Å²) in [5.41, 5.74) is 6.11. The van der Waals surface area contributed by atoms with E-state index in [4.69, 9.17) is 17.3 Å². The summed E-state index contributed by atoms with van der Waals surface area (Å²) in [4.78, 5) is 11.7. The van der Waals surface area contributed by atoms with Gasteiger partial charge in [-0.2, -0.15) is 5.10 Å². The Kier molecular flexibility index (Phi) is 4.24. The van der Waals surface area contributed by atoms with Crippen molar-refractivity contribution >= 4 is 17.3 Å². The van der Waals surface area contributed by atoms with Gasteiger partial charge >= 0.3 is 0 Å². The van der Waals surface area contributed by atoms with Gasteiger partial charge in [0.15, 0.2) is 0 Å². The zero-order valence-electron chi connectivity index (χ0n) is 10.5. The lowest BCUT2D eigenvalue weighted by Crippen LogP contribution is -2.36. The summed E-state index contributed by atoms with van der Waals surface area (Å²) >= 11 is 6.03. The monoisotopic (exact) mass is 270 g/mol. The fraction of sp³-hybridized carbons (Fsp3) is 0.667. The summed E-state index contributed by atoms with van der Waals surface area (Å²) in [7, 11) is 1.58. The molecule has 0 aromatic carbocycles. The van der Waals surface area contributed by atoms with Gasteiger partial charge in [0, 0.05) is 19.6 Å². The smallest absolute Gasteiger partial charge is 0.287 e. The third-order valence-corrected chi connectivity index (χ3v) is 4.01. The number of anilines is 1. The molecule has 0 aliphatic heterocycles. The molecule has 0 spiro atoms. The van der Waals surface area contributed by atoms with Crippen LogP contribution in [0.25, 0.3) is 0 Å². The Hall–Kier alpha value is -1.07. The number of aryl methyl sites for hydroxylation is 1. The minimum Gasteiger partial charge on any atom is -0.378 e. The van der Waals surface area contributed by atoms with Gasteiger partial charge in [-0.25, -0.2) is 4.68 Å². The first-order valence-electron chi connectivity index (χ1n) is 6.32. The molecule has 6 heteroatoms. The van der Waals surface area contributed by atoms with E-state index in [1.807, 2.05) is 0 Å². The predicted octanol–water partition coefficient (Wildman–Crippen LogP) is 1.36. The van der Waals surface area contributed by atoms with E-state index < -0.39 is 0 Å². The number of hydrogen-bond donors (Lipinski definition) is 2. The van der Waals surface area contributed by atoms with Crippen molar-refractivity contribution in [3.63, 3.8) is 0 Å². The lowest BCUT2D eigenvalue weighted by molar-refractivity contribution is 0.462. The Labute approximate surface area is 111 Å². The molecule has 18 heavy (non-hydrogen) atoms. The molecule has 0 bridgehead atoms. The van der Waals surface area contributed by atoms with Crippen LogP contribution in [0.4, 0.5) is 5.69 Å². The molecule has 1 unspecified atom stereocenters. The van der Waals surface area contributed by atoms with Gasteiger partial charge in [0.05, 0.1) is 11.9 Å². The van der Waals surface area contributed by atoms with E-state index in [9.17, 15) is 4.79 Å². The van der Waals surface area contributed by atoms with Gasteiger partial charge in [-0.15, -0.1) is 0 Å². The van der Waals surface area contributed by atoms with Crippen molar-refractivity contribution < 1.29 is 0 Å². The van der Waals surface area contributed by atoms with Crippen LogP contribution in [0.2, 0.25) is 5.02 Å². The van der Waals surface area contributed by atoms with Crippen molar-refractivity contribution in [2.45, 2.75) is 31.7 Å². The summed E-state index contributed by atoms with van der Waals surface area (Å²) < 4.78 is 1.22. The lowest BCUT2D eigenvalue weighted by Gasteiger charge is -2.24. The summed E-state index contributed by atoms with van der Waals surface area (Å²) in [6.45, 7) is 0.538. The Morgan fingerprint density at radius 2 is 2.28 bits per heavy atom. The molecule has 1 aliphatic carbocycles. The maximum absolute atomic E-state index is 11.7. The van der Waals surface area contributed by atoms with Crippen LogP contribution in [0.15, 0.2) is 11.0 Å². The van der Waals surface area contributed by atoms with Crippen LogP contribution in [-0.4, -0.2) is 22.4 Å². The van der Waals surface area contributed by atoms with Crippen molar-refractivity contribution in [3.8, 4) is 0 Å². The molecule has 1 aliphatic rings. The van der Waals surface area contributed by atoms with E-state index in [0.29, 0.717) is 18.2 Å². The number of hydrogen-bond acceptors (Lipinski definition) is 4. The lowest BCUT2D eigenvalue weighted by atomic mass is 9.98. The normalized spacial score (nSPS) is 17.9. The maximum Gasteiger partial charge on any atom is 0.287 e. The average Bonchev–Trinajstić information content (AvgIpc) is 2.89. The van der Waals surface area contributed by atoms with Crippen molar-refractivity contribution in [1.29, 1.82) is 0 Å². The van der Waals surface area contributed by atoms with E-state index in [0.717, 1.165) is 0 Å². The zero-order chi connectivity index (χ0) is 13.1. The first-order valence-corrected chi connectivity index (χ1v) is 6.69. The van der Waals surface area contributed by atoms with Crippen LogP contribution in [0.1, 0.15) is 25.7 Å². The number of nitrogens with one attached hydrogen (secondary N) is 1. The Bertz CT molecular complexity index is 468. The quantitative estimate of drug-likeness (QED) is 0.867. The molecule has 5 nitrogen and oxygen atoms in total. The maximum atomic E-state index is 11.7. The highest BCUT2D eigenvalue weighted by Gasteiger charge is 2.24. The zero-order valence-corrected chi connectivity index (χ0v) is 11.3. The van der Waals surface area contributed by atoms with Gasteiger partial charge < -0.3 is 11.1 Å². The average molecular weight is 271 g/mol. The SMILES string of the molecule is Cn1ncc(NC(CN)C2CCCC2)c(Cl)c1=O. The molecule has 1 aromatic rings. The predicted molar refractivity (Wildman–Crippen MR) is 72.9 cm³/mol. The van der Waals surface area contributed by atoms with Gasteiger partial charge in [-0.3, -0.25) is 4.79 Å². The number of rotatable bonds is 4. The molecule has 1 saturated carbocycles. The van der Waals surface area contributed by atoms with Gasteiger partial charge in [-0.1, -0.05) is 24.4 Å². The first-order chi connectivity index (χ1) is 8.63. The largest absolute Gasteiger partial charge is 0.378 e. The standard InChI is InChI=1S/C12H19ClN4O/c1-17-12(18)11(13)10(7-15-17)16-9(6-14)8-4-2-3-5-8/h7-9,16H,2-6,14H2,1H3. The molecule has 1 aromatic heterocycles. The Morgan fingerprint density at radius 3 is 2.89 bits per heavy atom. The second-order valence-electron chi connectivity index (χ2n) is 4.83. The number of aromatic nitrogens is 2. The van der Waals surface area contributed by atoms with Crippen molar-refractivity contribution in [2.75, 3.05) is 11.9 Å². The minimum absolute atomic E-state index is 0.166. The third-order valence-electron chi connectivity index (χ3n) is 3.64. The molecule has 2 rings (SSSR count). The number of nitrogens with zero attached hydrogens (tertiary/aromatic N) is 2. The topological polar surface area (TPSA) is 72.9 Å². The molecule has 1 fully saturated rings. The van der Waals surface area contributed by atoms with E-state index in [-0.39, 0.29) is 16.6 Å². The number of halogens is 1. The van der Waals surface area contributed by atoms with Crippen LogP contribution in [0.3, 0.4) is 0 Å². The first kappa shape index (κ1) is 13.4. The summed E-state index contributed by atoms with van der Waals surface area (Å²) in [6, 6.07) is 0.166. The Balaban J connectivity index is 2.16. The second-order valence-corrected chi connectivity index (χ2v) is 5.21. The molecular formula is C12H19ClN4O. The van der Waals surface area contributed by atoms with Crippen LogP contribution in [0.5, 0.6) is 0 Å². The molecule has 1 heterocycles. The van der Waals surface area contributed by atoms with Crippen molar-refractivity contribution in [1.82, 2.24) is 9.78 Å². The van der Waals surface area contributed by atoms with Gasteiger partial charge in [-0.05, 0) is 18.8 Å². The van der Waals surface area contributed by atoms with Gasteiger partial charge in [0.1, 0.15) is 5.02 Å². The molecule has 0 saturated heterocycles. The second kappa shape index (κ2) is 5.71. The van der Waals surface area contributed by atoms with Gasteiger partial charge in [0.25, 0.3) is 5.56 Å². The molecule has 0 radical (unpaired) electrons. The minimum atomic E-state index is -0.288. The van der Waals surface area contributed by atoms with Crippen LogP contribution in [0, 0.1) is 5.92 Å². The number of nitrogens with two attached hydrogens (primary N) is 1. The van der Waals surface area contributed by atoms with E-state index in [1.165, 1.54) is 30.4 Å². The summed E-state index contributed by atoms with van der Waals surface area (Å²) in [5, 5.41) is 7.43. The fourth-order valence-corrected chi connectivity index (χ4v) is 2.77. The molecule has 1 atom stereocenters. The summed E-state index contributed by atoms with van der Waals surface area (Å²) in [6.07, 6.45) is 6.47. The van der Waals surface area contributed by atoms with E-state index >= 15 is 0 Å². The molecular weight excluding hydrogens is 252 g/mol. The summed E-state index contributed by atoms with van der Waals surface area (Å²) in [5.74, 6) is 0.565. The Morgan fingerprint density at radius 1 is 1.61 bits per heavy atom. The van der Waals surface area contributed by atoms with Crippen LogP contribution < -0.4 is 16.6 Å². The van der Waals surface area contributed by atoms with Crippen molar-refractivity contribution in [3.05, 3.63) is 21.6 Å². The van der Waals surface area contributed by atoms with Crippen molar-refractivity contribution in [2.24, 2.45) is 18.7 Å². The third kappa shape index (κ3) is 2.67.